The standard InChI is InChI=1S/C9H20O6Si/c1-16(2,3)15-9-7(13)5(11)4(10)6(12)8(9)14/h4-14H,1-3H3/t4?,5-,6+,7-,8-,9?/m0/s1. The van der Waals surface area contributed by atoms with E-state index in [9.17, 15) is 25.5 Å². The van der Waals surface area contributed by atoms with E-state index in [1.54, 1.807) is 0 Å². The van der Waals surface area contributed by atoms with Crippen molar-refractivity contribution in [1.82, 2.24) is 0 Å². The maximum atomic E-state index is 9.68. The molecule has 7 heteroatoms. The molecule has 0 amide bonds. The lowest BCUT2D eigenvalue weighted by atomic mass is 9.85. The zero-order valence-electron chi connectivity index (χ0n) is 9.61. The maximum Gasteiger partial charge on any atom is 0.184 e. The molecule has 0 heterocycles. The number of hydrogen-bond acceptors (Lipinski definition) is 6. The van der Waals surface area contributed by atoms with Crippen molar-refractivity contribution in [3.63, 3.8) is 0 Å². The zero-order chi connectivity index (χ0) is 12.7. The molecule has 1 aliphatic rings. The molecule has 1 aliphatic carbocycles. The van der Waals surface area contributed by atoms with Crippen LogP contribution in [0, 0.1) is 0 Å². The molecule has 0 radical (unpaired) electrons. The molecule has 0 aliphatic heterocycles. The minimum atomic E-state index is -2.03. The van der Waals surface area contributed by atoms with Crippen molar-refractivity contribution in [3.05, 3.63) is 0 Å². The normalized spacial score (nSPS) is 45.8. The Balaban J connectivity index is 2.83. The summed E-state index contributed by atoms with van der Waals surface area (Å²) in [5.74, 6) is 0. The van der Waals surface area contributed by atoms with E-state index in [0.717, 1.165) is 0 Å². The summed E-state index contributed by atoms with van der Waals surface area (Å²) in [7, 11) is -2.03. The molecule has 6 atom stereocenters. The Hall–Kier alpha value is -0.0231. The van der Waals surface area contributed by atoms with Crippen LogP contribution in [0.3, 0.4) is 0 Å². The predicted octanol–water partition coefficient (Wildman–Crippen LogP) is -1.98. The highest BCUT2D eigenvalue weighted by Gasteiger charge is 2.49. The summed E-state index contributed by atoms with van der Waals surface area (Å²) in [5, 5.41) is 47.6. The molecule has 6 nitrogen and oxygen atoms in total. The van der Waals surface area contributed by atoms with Gasteiger partial charge in [0.2, 0.25) is 0 Å². The Morgan fingerprint density at radius 2 is 1.00 bits per heavy atom. The predicted molar refractivity (Wildman–Crippen MR) is 58.3 cm³/mol. The first-order valence-corrected chi connectivity index (χ1v) is 8.64. The molecular weight excluding hydrogens is 232 g/mol. The van der Waals surface area contributed by atoms with Crippen molar-refractivity contribution >= 4 is 8.32 Å². The van der Waals surface area contributed by atoms with Gasteiger partial charge in [-0.3, -0.25) is 0 Å². The first-order chi connectivity index (χ1) is 7.15. The summed E-state index contributed by atoms with van der Waals surface area (Å²) in [4.78, 5) is 0. The van der Waals surface area contributed by atoms with Gasteiger partial charge in [0.15, 0.2) is 8.32 Å². The Kier molecular flexibility index (Phi) is 4.12. The molecule has 0 bridgehead atoms. The van der Waals surface area contributed by atoms with Gasteiger partial charge in [0, 0.05) is 0 Å². The third-order valence-electron chi connectivity index (χ3n) is 2.56. The van der Waals surface area contributed by atoms with E-state index in [2.05, 4.69) is 0 Å². The van der Waals surface area contributed by atoms with E-state index in [4.69, 9.17) is 4.43 Å². The van der Waals surface area contributed by atoms with Crippen LogP contribution in [0.25, 0.3) is 0 Å². The smallest absolute Gasteiger partial charge is 0.184 e. The average Bonchev–Trinajstić information content (AvgIpc) is 2.17. The van der Waals surface area contributed by atoms with Crippen LogP contribution in [0.4, 0.5) is 0 Å². The SMILES string of the molecule is C[Si](C)(C)OC1[C@@H](O)[C@H](O)C(O)[C@H](O)[C@@H]1O. The number of aliphatic hydroxyl groups is 5. The number of aliphatic hydroxyl groups excluding tert-OH is 5. The second-order valence-electron chi connectivity index (χ2n) is 5.15. The molecule has 0 aromatic heterocycles. The fourth-order valence-electron chi connectivity index (χ4n) is 1.74. The Morgan fingerprint density at radius 1 is 0.688 bits per heavy atom. The van der Waals surface area contributed by atoms with E-state index in [0.29, 0.717) is 0 Å². The highest BCUT2D eigenvalue weighted by atomic mass is 28.4. The van der Waals surface area contributed by atoms with Gasteiger partial charge in [0.25, 0.3) is 0 Å². The van der Waals surface area contributed by atoms with Crippen molar-refractivity contribution in [2.75, 3.05) is 0 Å². The van der Waals surface area contributed by atoms with E-state index >= 15 is 0 Å². The first kappa shape index (κ1) is 14.0. The lowest BCUT2D eigenvalue weighted by Crippen LogP contribution is -2.65. The summed E-state index contributed by atoms with van der Waals surface area (Å²) < 4.78 is 5.50. The third-order valence-corrected chi connectivity index (χ3v) is 3.54. The minimum absolute atomic E-state index is 1.07. The summed E-state index contributed by atoms with van der Waals surface area (Å²) in [6.07, 6.45) is -8.47. The molecule has 0 spiro atoms. The van der Waals surface area contributed by atoms with Gasteiger partial charge in [-0.15, -0.1) is 0 Å². The van der Waals surface area contributed by atoms with Crippen LogP contribution in [0.5, 0.6) is 0 Å². The van der Waals surface area contributed by atoms with Crippen molar-refractivity contribution in [3.8, 4) is 0 Å². The molecule has 5 N–H and O–H groups in total. The van der Waals surface area contributed by atoms with Gasteiger partial charge < -0.3 is 30.0 Å². The van der Waals surface area contributed by atoms with Gasteiger partial charge >= 0.3 is 0 Å². The average molecular weight is 252 g/mol. The topological polar surface area (TPSA) is 110 Å². The van der Waals surface area contributed by atoms with Gasteiger partial charge in [0.05, 0.1) is 0 Å². The molecule has 1 saturated carbocycles. The number of hydrogen-bond donors (Lipinski definition) is 5. The summed E-state index contributed by atoms with van der Waals surface area (Å²) in [6, 6.07) is 0. The molecule has 0 saturated heterocycles. The van der Waals surface area contributed by atoms with Crippen LogP contribution in [0.15, 0.2) is 0 Å². The Labute approximate surface area is 95.2 Å². The molecule has 0 aromatic carbocycles. The summed E-state index contributed by atoms with van der Waals surface area (Å²) in [6.45, 7) is 5.57. The zero-order valence-corrected chi connectivity index (χ0v) is 10.6. The van der Waals surface area contributed by atoms with Crippen LogP contribution >= 0.6 is 0 Å². The molecule has 96 valence electrons. The van der Waals surface area contributed by atoms with Gasteiger partial charge in [-0.05, 0) is 19.6 Å². The van der Waals surface area contributed by atoms with Gasteiger partial charge in [-0.1, -0.05) is 0 Å². The van der Waals surface area contributed by atoms with Gasteiger partial charge in [0.1, 0.15) is 36.6 Å². The van der Waals surface area contributed by atoms with Crippen LogP contribution in [-0.4, -0.2) is 70.5 Å². The Morgan fingerprint density at radius 3 is 1.31 bits per heavy atom. The summed E-state index contributed by atoms with van der Waals surface area (Å²) >= 11 is 0. The van der Waals surface area contributed by atoms with E-state index in [1.165, 1.54) is 0 Å². The van der Waals surface area contributed by atoms with E-state index in [1.807, 2.05) is 19.6 Å². The number of rotatable bonds is 2. The fraction of sp³-hybridized carbons (Fsp3) is 1.00. The van der Waals surface area contributed by atoms with Crippen molar-refractivity contribution in [2.24, 2.45) is 0 Å². The monoisotopic (exact) mass is 252 g/mol. The lowest BCUT2D eigenvalue weighted by molar-refractivity contribution is -0.218. The molecule has 16 heavy (non-hydrogen) atoms. The maximum absolute atomic E-state index is 9.68. The molecule has 2 unspecified atom stereocenters. The van der Waals surface area contributed by atoms with Crippen LogP contribution < -0.4 is 0 Å². The van der Waals surface area contributed by atoms with Crippen LogP contribution in [0.1, 0.15) is 0 Å². The quantitative estimate of drug-likeness (QED) is 0.364. The third kappa shape index (κ3) is 2.80. The molecule has 1 fully saturated rings. The summed E-state index contributed by atoms with van der Waals surface area (Å²) in [5.41, 5.74) is 0. The van der Waals surface area contributed by atoms with Gasteiger partial charge in [-0.2, -0.15) is 0 Å². The lowest BCUT2D eigenvalue weighted by Gasteiger charge is -2.43. The molecule has 1 rings (SSSR count). The largest absolute Gasteiger partial charge is 0.409 e. The van der Waals surface area contributed by atoms with E-state index in [-0.39, 0.29) is 0 Å². The van der Waals surface area contributed by atoms with Gasteiger partial charge in [-0.25, -0.2) is 0 Å². The molecule has 0 aromatic rings. The fourth-order valence-corrected chi connectivity index (χ4v) is 2.84. The van der Waals surface area contributed by atoms with Crippen molar-refractivity contribution < 1.29 is 30.0 Å². The van der Waals surface area contributed by atoms with Crippen LogP contribution in [-0.2, 0) is 4.43 Å². The Bertz CT molecular complexity index is 227. The van der Waals surface area contributed by atoms with Crippen LogP contribution in [0.2, 0.25) is 19.6 Å². The molecular formula is C9H20O6Si. The van der Waals surface area contributed by atoms with E-state index < -0.39 is 44.9 Å². The first-order valence-electron chi connectivity index (χ1n) is 5.23. The second kappa shape index (κ2) is 4.69. The second-order valence-corrected chi connectivity index (χ2v) is 9.61. The minimum Gasteiger partial charge on any atom is -0.409 e. The van der Waals surface area contributed by atoms with Crippen molar-refractivity contribution in [1.29, 1.82) is 0 Å². The highest BCUT2D eigenvalue weighted by Crippen LogP contribution is 2.26. The van der Waals surface area contributed by atoms with Crippen molar-refractivity contribution in [2.45, 2.75) is 56.3 Å². The highest BCUT2D eigenvalue weighted by molar-refractivity contribution is 6.69.